The number of aliphatic hydroxyl groups excluding tert-OH is 1. The van der Waals surface area contributed by atoms with Crippen LogP contribution < -0.4 is 18.9 Å². The van der Waals surface area contributed by atoms with E-state index < -0.39 is 24.2 Å². The highest BCUT2D eigenvalue weighted by atomic mass is 16.6. The van der Waals surface area contributed by atoms with Gasteiger partial charge in [-0.25, -0.2) is 14.4 Å². The number of allylic oxidation sites excluding steroid dienone is 1. The number of esters is 3. The minimum Gasteiger partial charge on any atom is -0.461 e. The Bertz CT molecular complexity index is 1420. The van der Waals surface area contributed by atoms with E-state index in [0.29, 0.717) is 33.8 Å². The first-order valence-electron chi connectivity index (χ1n) is 11.7. The Kier molecular flexibility index (Phi) is 9.72. The zero-order valence-electron chi connectivity index (χ0n) is 21.2. The number of hydrogen-bond donors (Lipinski definition) is 1. The van der Waals surface area contributed by atoms with Crippen LogP contribution in [0.3, 0.4) is 0 Å². The quantitative estimate of drug-likeness (QED) is 0.114. The van der Waals surface area contributed by atoms with Crippen LogP contribution in [0.1, 0.15) is 6.92 Å². The Morgan fingerprint density at radius 1 is 0.718 bits per heavy atom. The van der Waals surface area contributed by atoms with Gasteiger partial charge in [0.2, 0.25) is 6.29 Å². The Hall–Kier alpha value is -5.21. The van der Waals surface area contributed by atoms with Gasteiger partial charge in [-0.05, 0) is 60.5 Å². The van der Waals surface area contributed by atoms with Gasteiger partial charge in [0.25, 0.3) is 0 Å². The number of aliphatic hydroxyl groups is 1. The molecule has 198 valence electrons. The molecule has 0 aliphatic heterocycles. The summed E-state index contributed by atoms with van der Waals surface area (Å²) in [7, 11) is 0. The van der Waals surface area contributed by atoms with Crippen LogP contribution in [0.2, 0.25) is 0 Å². The highest BCUT2D eigenvalue weighted by Gasteiger charge is 2.19. The van der Waals surface area contributed by atoms with Crippen molar-refractivity contribution in [1.29, 1.82) is 0 Å². The minimum atomic E-state index is -1.33. The molecule has 0 amide bonds. The maximum absolute atomic E-state index is 12.4. The van der Waals surface area contributed by atoms with E-state index >= 15 is 0 Å². The molecule has 3 aromatic carbocycles. The number of carbonyl (C=O) groups is 3. The second-order valence-corrected chi connectivity index (χ2v) is 7.81. The molecule has 1 N–H and O–H groups in total. The van der Waals surface area contributed by atoms with E-state index in [0.717, 1.165) is 12.2 Å². The van der Waals surface area contributed by atoms with Gasteiger partial charge < -0.3 is 24.1 Å². The number of benzene rings is 3. The van der Waals surface area contributed by atoms with Gasteiger partial charge in [-0.2, -0.15) is 0 Å². The number of hydrogen-bond acceptors (Lipinski definition) is 8. The zero-order chi connectivity index (χ0) is 28.4. The molecule has 1 atom stereocenters. The van der Waals surface area contributed by atoms with E-state index in [2.05, 4.69) is 19.7 Å². The van der Waals surface area contributed by atoms with Crippen molar-refractivity contribution < 1.29 is 38.4 Å². The normalized spacial score (nSPS) is 11.2. The molecule has 3 rings (SSSR count). The van der Waals surface area contributed by atoms with Crippen LogP contribution in [0.25, 0.3) is 22.3 Å². The molecule has 39 heavy (non-hydrogen) atoms. The summed E-state index contributed by atoms with van der Waals surface area (Å²) in [4.78, 5) is 35.5. The fourth-order valence-electron chi connectivity index (χ4n) is 3.37. The van der Waals surface area contributed by atoms with Gasteiger partial charge >= 0.3 is 17.9 Å². The van der Waals surface area contributed by atoms with Crippen molar-refractivity contribution >= 4 is 17.9 Å². The molecule has 0 bridgehead atoms. The standard InChI is InChI=1S/C31H26O8/c1-5-9-31(35)39-27-19-24(20-10-14-22(15-11-20)36-28(32)6-2)26(38-30(34)8-4)18-25(27)21-12-16-23(17-13-21)37-29(33)7-3/h5-19,30,34H,2-4H2,1H3/b9-5+. The molecule has 1 unspecified atom stereocenters. The van der Waals surface area contributed by atoms with Crippen molar-refractivity contribution in [2.45, 2.75) is 13.2 Å². The van der Waals surface area contributed by atoms with Crippen molar-refractivity contribution in [2.75, 3.05) is 0 Å². The van der Waals surface area contributed by atoms with Gasteiger partial charge in [0.15, 0.2) is 0 Å². The molecule has 0 aromatic heterocycles. The maximum atomic E-state index is 12.4. The first-order chi connectivity index (χ1) is 18.8. The van der Waals surface area contributed by atoms with Gasteiger partial charge in [0.05, 0.1) is 0 Å². The van der Waals surface area contributed by atoms with Gasteiger partial charge in [-0.3, -0.25) is 0 Å². The first-order valence-corrected chi connectivity index (χ1v) is 11.7. The predicted octanol–water partition coefficient (Wildman–Crippen LogP) is 5.57. The molecule has 0 spiro atoms. The van der Waals surface area contributed by atoms with Crippen LogP contribution in [-0.4, -0.2) is 29.3 Å². The van der Waals surface area contributed by atoms with E-state index in [-0.39, 0.29) is 11.5 Å². The zero-order valence-corrected chi connectivity index (χ0v) is 21.2. The lowest BCUT2D eigenvalue weighted by Crippen LogP contribution is -2.12. The topological polar surface area (TPSA) is 108 Å². The van der Waals surface area contributed by atoms with E-state index in [1.54, 1.807) is 73.7 Å². The van der Waals surface area contributed by atoms with Crippen molar-refractivity contribution in [2.24, 2.45) is 0 Å². The van der Waals surface area contributed by atoms with Crippen LogP contribution in [0.5, 0.6) is 23.0 Å². The average Bonchev–Trinajstić information content (AvgIpc) is 2.94. The summed E-state index contributed by atoms with van der Waals surface area (Å²) in [5.74, 6) is -0.768. The van der Waals surface area contributed by atoms with E-state index in [4.69, 9.17) is 18.9 Å². The second kappa shape index (κ2) is 13.4. The fraction of sp³-hybridized carbons (Fsp3) is 0.0645. The summed E-state index contributed by atoms with van der Waals surface area (Å²) in [6.45, 7) is 12.0. The minimum absolute atomic E-state index is 0.201. The van der Waals surface area contributed by atoms with E-state index in [1.807, 2.05) is 0 Å². The molecule has 0 saturated heterocycles. The summed E-state index contributed by atoms with van der Waals surface area (Å²) in [5, 5.41) is 10.2. The summed E-state index contributed by atoms with van der Waals surface area (Å²) in [6.07, 6.45) is 4.81. The maximum Gasteiger partial charge on any atom is 0.335 e. The molecule has 0 fully saturated rings. The molecule has 0 aliphatic rings. The number of carbonyl (C=O) groups excluding carboxylic acids is 3. The summed E-state index contributed by atoms with van der Waals surface area (Å²) in [6, 6.07) is 16.2. The van der Waals surface area contributed by atoms with Crippen LogP contribution in [0.4, 0.5) is 0 Å². The molecule has 0 aliphatic carbocycles. The van der Waals surface area contributed by atoms with Crippen LogP contribution in [0, 0.1) is 0 Å². The van der Waals surface area contributed by atoms with E-state index in [9.17, 15) is 19.5 Å². The highest BCUT2D eigenvalue weighted by molar-refractivity contribution is 5.89. The average molecular weight is 527 g/mol. The Balaban J connectivity index is 2.15. The smallest absolute Gasteiger partial charge is 0.335 e. The molecule has 3 aromatic rings. The Morgan fingerprint density at radius 2 is 1.18 bits per heavy atom. The summed E-state index contributed by atoms with van der Waals surface area (Å²) < 4.78 is 21.6. The fourth-order valence-corrected chi connectivity index (χ4v) is 3.37. The monoisotopic (exact) mass is 526 g/mol. The molecular formula is C31H26O8. The van der Waals surface area contributed by atoms with Gasteiger partial charge in [0, 0.05) is 29.4 Å². The first kappa shape index (κ1) is 28.4. The van der Waals surface area contributed by atoms with Crippen molar-refractivity contribution in [3.8, 4) is 45.3 Å². The molecule has 0 heterocycles. The van der Waals surface area contributed by atoms with Crippen molar-refractivity contribution in [3.63, 3.8) is 0 Å². The molecule has 8 nitrogen and oxygen atoms in total. The number of rotatable bonds is 11. The molecule has 0 saturated carbocycles. The van der Waals surface area contributed by atoms with Crippen molar-refractivity contribution in [3.05, 3.63) is 111 Å². The lowest BCUT2D eigenvalue weighted by Gasteiger charge is -2.19. The van der Waals surface area contributed by atoms with E-state index in [1.165, 1.54) is 12.2 Å². The Morgan fingerprint density at radius 3 is 1.62 bits per heavy atom. The predicted molar refractivity (Wildman–Crippen MR) is 146 cm³/mol. The van der Waals surface area contributed by atoms with Gasteiger partial charge in [0.1, 0.15) is 23.0 Å². The lowest BCUT2D eigenvalue weighted by molar-refractivity contribution is -0.129. The Labute approximate surface area is 225 Å². The van der Waals surface area contributed by atoms with Gasteiger partial charge in [-0.1, -0.05) is 50.1 Å². The third-order valence-electron chi connectivity index (χ3n) is 5.15. The van der Waals surface area contributed by atoms with Crippen LogP contribution in [0.15, 0.2) is 111 Å². The number of ether oxygens (including phenoxy) is 4. The SMILES string of the molecule is C=CC(=O)Oc1ccc(-c2cc(OC(O)C=C)c(-c3ccc(OC(=O)C=C)cc3)cc2OC(=O)/C=C/C)cc1. The molecule has 0 radical (unpaired) electrons. The highest BCUT2D eigenvalue weighted by Crippen LogP contribution is 2.42. The molecular weight excluding hydrogens is 500 g/mol. The second-order valence-electron chi connectivity index (χ2n) is 7.81. The third kappa shape index (κ3) is 7.64. The summed E-state index contributed by atoms with van der Waals surface area (Å²) >= 11 is 0. The van der Waals surface area contributed by atoms with Crippen molar-refractivity contribution in [1.82, 2.24) is 0 Å². The largest absolute Gasteiger partial charge is 0.461 e. The third-order valence-corrected chi connectivity index (χ3v) is 5.15. The van der Waals surface area contributed by atoms with Gasteiger partial charge in [-0.15, -0.1) is 0 Å². The summed E-state index contributed by atoms with van der Waals surface area (Å²) in [5.41, 5.74) is 2.15. The lowest BCUT2D eigenvalue weighted by atomic mass is 9.97. The molecule has 8 heteroatoms. The van der Waals surface area contributed by atoms with Crippen LogP contribution in [-0.2, 0) is 14.4 Å². The van der Waals surface area contributed by atoms with Crippen LogP contribution >= 0.6 is 0 Å².